The van der Waals surface area contributed by atoms with Gasteiger partial charge in [0.2, 0.25) is 0 Å². The van der Waals surface area contributed by atoms with Gasteiger partial charge in [0.05, 0.1) is 17.1 Å². The number of fused-ring (bicyclic) bond motifs is 4. The first-order chi connectivity index (χ1) is 13.4. The Morgan fingerprint density at radius 2 is 1.68 bits per heavy atom. The molecule has 3 N–H and O–H groups in total. The molecule has 5 rings (SSSR count). The van der Waals surface area contributed by atoms with Crippen molar-refractivity contribution in [3.05, 3.63) is 71.8 Å². The number of ether oxygens (including phenoxy) is 1. The van der Waals surface area contributed by atoms with Gasteiger partial charge in [-0.2, -0.15) is 0 Å². The summed E-state index contributed by atoms with van der Waals surface area (Å²) < 4.78 is 41.4. The Balaban J connectivity index is 1.65. The van der Waals surface area contributed by atoms with E-state index in [2.05, 4.69) is 14.7 Å². The molecule has 1 unspecified atom stereocenters. The third-order valence-corrected chi connectivity index (χ3v) is 4.94. The van der Waals surface area contributed by atoms with Gasteiger partial charge in [-0.1, -0.05) is 42.5 Å². The number of benzene rings is 3. The van der Waals surface area contributed by atoms with Crippen LogP contribution in [0.2, 0.25) is 0 Å². The Morgan fingerprint density at radius 1 is 0.929 bits per heavy atom. The fourth-order valence-electron chi connectivity index (χ4n) is 3.80. The predicted octanol–water partition coefficient (Wildman–Crippen LogP) is 5.16. The van der Waals surface area contributed by atoms with Crippen LogP contribution in [0.1, 0.15) is 17.2 Å². The Kier molecular flexibility index (Phi) is 3.51. The van der Waals surface area contributed by atoms with Crippen molar-refractivity contribution in [3.8, 4) is 28.3 Å². The first kappa shape index (κ1) is 16.8. The van der Waals surface area contributed by atoms with Crippen LogP contribution < -0.4 is 10.5 Å². The molecule has 1 heterocycles. The largest absolute Gasteiger partial charge is 0.573 e. The Morgan fingerprint density at radius 3 is 2.50 bits per heavy atom. The van der Waals surface area contributed by atoms with Crippen molar-refractivity contribution in [2.24, 2.45) is 5.73 Å². The molecule has 0 radical (unpaired) electrons. The molecule has 0 bridgehead atoms. The Labute approximate surface area is 157 Å². The third kappa shape index (κ3) is 2.63. The van der Waals surface area contributed by atoms with E-state index in [9.17, 15) is 13.2 Å². The molecule has 28 heavy (non-hydrogen) atoms. The van der Waals surface area contributed by atoms with E-state index in [-0.39, 0.29) is 11.8 Å². The first-order valence-electron chi connectivity index (χ1n) is 8.64. The molecule has 0 fully saturated rings. The van der Waals surface area contributed by atoms with E-state index in [1.54, 1.807) is 0 Å². The summed E-state index contributed by atoms with van der Waals surface area (Å²) in [6.07, 6.45) is -4.74. The maximum absolute atomic E-state index is 12.5. The number of halogens is 3. The van der Waals surface area contributed by atoms with Gasteiger partial charge < -0.3 is 15.5 Å². The number of aromatic nitrogens is 2. The van der Waals surface area contributed by atoms with Crippen molar-refractivity contribution >= 4 is 11.0 Å². The summed E-state index contributed by atoms with van der Waals surface area (Å²) in [5, 5.41) is 0. The zero-order valence-electron chi connectivity index (χ0n) is 14.4. The number of hydrogen-bond donors (Lipinski definition) is 2. The molecule has 0 aliphatic heterocycles. The van der Waals surface area contributed by atoms with Crippen molar-refractivity contribution in [2.45, 2.75) is 12.4 Å². The molecule has 1 atom stereocenters. The maximum atomic E-state index is 12.5. The van der Waals surface area contributed by atoms with E-state index < -0.39 is 6.36 Å². The summed E-state index contributed by atoms with van der Waals surface area (Å²) in [4.78, 5) is 7.69. The van der Waals surface area contributed by atoms with Gasteiger partial charge in [0.25, 0.3) is 0 Å². The van der Waals surface area contributed by atoms with Crippen LogP contribution >= 0.6 is 0 Å². The lowest BCUT2D eigenvalue weighted by molar-refractivity contribution is -0.274. The molecule has 140 valence electrons. The SMILES string of the molecule is NC1c2ccccc2-c2c(-c3nc4cc(OC(F)(F)F)ccc4[nH]3)cccc21. The summed E-state index contributed by atoms with van der Waals surface area (Å²) in [5.74, 6) is 0.267. The van der Waals surface area contributed by atoms with Crippen molar-refractivity contribution < 1.29 is 17.9 Å². The molecule has 0 saturated carbocycles. The quantitative estimate of drug-likeness (QED) is 0.504. The minimum absolute atomic E-state index is 0.220. The van der Waals surface area contributed by atoms with Crippen molar-refractivity contribution in [3.63, 3.8) is 0 Å². The van der Waals surface area contributed by atoms with Crippen LogP contribution in [0.4, 0.5) is 13.2 Å². The second-order valence-corrected chi connectivity index (χ2v) is 6.65. The summed E-state index contributed by atoms with van der Waals surface area (Å²) in [6.45, 7) is 0. The van der Waals surface area contributed by atoms with Gasteiger partial charge in [0.1, 0.15) is 11.6 Å². The number of nitrogens with one attached hydrogen (secondary N) is 1. The van der Waals surface area contributed by atoms with E-state index in [0.29, 0.717) is 16.9 Å². The monoisotopic (exact) mass is 381 g/mol. The third-order valence-electron chi connectivity index (χ3n) is 4.94. The molecule has 0 spiro atoms. The van der Waals surface area contributed by atoms with Gasteiger partial charge in [-0.3, -0.25) is 0 Å². The van der Waals surface area contributed by atoms with Gasteiger partial charge in [-0.15, -0.1) is 13.2 Å². The summed E-state index contributed by atoms with van der Waals surface area (Å²) >= 11 is 0. The van der Waals surface area contributed by atoms with E-state index in [1.165, 1.54) is 18.2 Å². The highest BCUT2D eigenvalue weighted by molar-refractivity contribution is 5.91. The fourth-order valence-corrected chi connectivity index (χ4v) is 3.80. The van der Waals surface area contributed by atoms with Gasteiger partial charge in [0, 0.05) is 11.6 Å². The average molecular weight is 381 g/mol. The molecular formula is C21H14F3N3O. The minimum Gasteiger partial charge on any atom is -0.406 e. The lowest BCUT2D eigenvalue weighted by Crippen LogP contribution is -2.16. The van der Waals surface area contributed by atoms with Gasteiger partial charge >= 0.3 is 6.36 Å². The number of alkyl halides is 3. The van der Waals surface area contributed by atoms with Crippen molar-refractivity contribution in [1.82, 2.24) is 9.97 Å². The van der Waals surface area contributed by atoms with Crippen LogP contribution in [0, 0.1) is 0 Å². The molecule has 4 aromatic rings. The second kappa shape index (κ2) is 5.84. The van der Waals surface area contributed by atoms with Crippen molar-refractivity contribution in [2.75, 3.05) is 0 Å². The highest BCUT2D eigenvalue weighted by atomic mass is 19.4. The Hall–Kier alpha value is -3.32. The van der Waals surface area contributed by atoms with Crippen molar-refractivity contribution in [1.29, 1.82) is 0 Å². The first-order valence-corrected chi connectivity index (χ1v) is 8.64. The number of nitrogens with zero attached hydrogens (tertiary/aromatic N) is 1. The molecule has 0 amide bonds. The Bertz CT molecular complexity index is 1210. The molecule has 1 aliphatic rings. The second-order valence-electron chi connectivity index (χ2n) is 6.65. The standard InChI is InChI=1S/C21H14F3N3O/c22-21(23,24)28-11-8-9-16-17(10-11)27-20(26-16)15-7-3-6-14-18(15)12-4-1-2-5-13(12)19(14)25/h1-10,19H,25H2,(H,26,27). The smallest absolute Gasteiger partial charge is 0.406 e. The lowest BCUT2D eigenvalue weighted by atomic mass is 9.99. The van der Waals surface area contributed by atoms with Crippen LogP contribution in [-0.2, 0) is 0 Å². The topological polar surface area (TPSA) is 63.9 Å². The molecule has 7 heteroatoms. The number of hydrogen-bond acceptors (Lipinski definition) is 3. The van der Waals surface area contributed by atoms with E-state index in [1.807, 2.05) is 42.5 Å². The zero-order chi connectivity index (χ0) is 19.5. The average Bonchev–Trinajstić information content (AvgIpc) is 3.20. The highest BCUT2D eigenvalue weighted by Gasteiger charge is 2.31. The number of rotatable bonds is 2. The van der Waals surface area contributed by atoms with E-state index in [0.717, 1.165) is 27.8 Å². The number of aromatic amines is 1. The molecule has 0 saturated heterocycles. The molecule has 1 aromatic heterocycles. The minimum atomic E-state index is -4.74. The number of nitrogens with two attached hydrogens (primary N) is 1. The van der Waals surface area contributed by atoms with E-state index >= 15 is 0 Å². The van der Waals surface area contributed by atoms with Crippen LogP contribution in [0.15, 0.2) is 60.7 Å². The summed E-state index contributed by atoms with van der Waals surface area (Å²) in [6, 6.07) is 17.6. The number of imidazole rings is 1. The summed E-state index contributed by atoms with van der Waals surface area (Å²) in [7, 11) is 0. The van der Waals surface area contributed by atoms with Crippen LogP contribution in [-0.4, -0.2) is 16.3 Å². The van der Waals surface area contributed by atoms with Crippen LogP contribution in [0.5, 0.6) is 5.75 Å². The van der Waals surface area contributed by atoms with Gasteiger partial charge in [-0.05, 0) is 34.4 Å². The van der Waals surface area contributed by atoms with Gasteiger partial charge in [-0.25, -0.2) is 4.98 Å². The van der Waals surface area contributed by atoms with Crippen LogP contribution in [0.25, 0.3) is 33.5 Å². The lowest BCUT2D eigenvalue weighted by Gasteiger charge is -2.08. The van der Waals surface area contributed by atoms with E-state index in [4.69, 9.17) is 5.73 Å². The van der Waals surface area contributed by atoms with Gasteiger partial charge in [0.15, 0.2) is 0 Å². The number of H-pyrrole nitrogens is 1. The molecule has 4 nitrogen and oxygen atoms in total. The maximum Gasteiger partial charge on any atom is 0.573 e. The van der Waals surface area contributed by atoms with Crippen LogP contribution in [0.3, 0.4) is 0 Å². The predicted molar refractivity (Wildman–Crippen MR) is 99.7 cm³/mol. The normalized spacial score (nSPS) is 15.5. The highest BCUT2D eigenvalue weighted by Crippen LogP contribution is 2.46. The molecular weight excluding hydrogens is 367 g/mol. The molecule has 3 aromatic carbocycles. The molecule has 1 aliphatic carbocycles. The zero-order valence-corrected chi connectivity index (χ0v) is 14.4. The fraction of sp³-hybridized carbons (Fsp3) is 0.0952. The summed E-state index contributed by atoms with van der Waals surface area (Å²) in [5.41, 5.74) is 12.4.